The van der Waals surface area contributed by atoms with Crippen LogP contribution in [0.25, 0.3) is 0 Å². The Morgan fingerprint density at radius 3 is 2.71 bits per heavy atom. The predicted molar refractivity (Wildman–Crippen MR) is 110 cm³/mol. The lowest BCUT2D eigenvalue weighted by Gasteiger charge is -2.31. The Morgan fingerprint density at radius 2 is 2.04 bits per heavy atom. The average Bonchev–Trinajstić information content (AvgIpc) is 3.25. The van der Waals surface area contributed by atoms with E-state index < -0.39 is 17.4 Å². The minimum Gasteiger partial charge on any atom is -0.324 e. The quantitative estimate of drug-likeness (QED) is 0.714. The van der Waals surface area contributed by atoms with Crippen LogP contribution in [0, 0.1) is 11.8 Å². The highest BCUT2D eigenvalue weighted by Gasteiger charge is 2.70. The van der Waals surface area contributed by atoms with Crippen LogP contribution in [0.4, 0.5) is 5.69 Å². The summed E-state index contributed by atoms with van der Waals surface area (Å²) in [4.78, 5) is 41.4. The molecule has 2 saturated heterocycles. The molecule has 1 spiro atoms. The maximum absolute atomic E-state index is 13.5. The number of hydrogen-bond donors (Lipinski definition) is 2. The number of nitrogens with zero attached hydrogens (tertiary/aromatic N) is 1. The van der Waals surface area contributed by atoms with Gasteiger partial charge in [-0.1, -0.05) is 18.5 Å². The minimum absolute atomic E-state index is 0.164. The molecule has 5 atom stereocenters. The first-order chi connectivity index (χ1) is 13.4. The van der Waals surface area contributed by atoms with E-state index in [0.29, 0.717) is 29.1 Å². The zero-order valence-corrected chi connectivity index (χ0v) is 17.7. The highest BCUT2D eigenvalue weighted by Crippen LogP contribution is 2.54. The van der Waals surface area contributed by atoms with Crippen LogP contribution in [-0.2, 0) is 19.9 Å². The van der Waals surface area contributed by atoms with Crippen molar-refractivity contribution in [3.05, 3.63) is 28.8 Å². The first-order valence-electron chi connectivity index (χ1n) is 9.61. The van der Waals surface area contributed by atoms with Crippen LogP contribution in [0.2, 0.25) is 5.02 Å². The fourth-order valence-corrected chi connectivity index (χ4v) is 5.57. The molecule has 3 aliphatic heterocycles. The molecule has 2 N–H and O–H groups in total. The molecule has 3 aliphatic rings. The van der Waals surface area contributed by atoms with Gasteiger partial charge in [-0.05, 0) is 50.0 Å². The first kappa shape index (κ1) is 19.7. The van der Waals surface area contributed by atoms with E-state index in [0.717, 1.165) is 5.75 Å². The number of hydrogen-bond acceptors (Lipinski definition) is 5. The van der Waals surface area contributed by atoms with E-state index in [1.807, 2.05) is 20.1 Å². The Bertz CT molecular complexity index is 863. The summed E-state index contributed by atoms with van der Waals surface area (Å²) in [5.41, 5.74) is 0.0651. The van der Waals surface area contributed by atoms with Gasteiger partial charge in [0.25, 0.3) is 0 Å². The summed E-state index contributed by atoms with van der Waals surface area (Å²) in [7, 11) is 0. The number of thioether (sulfide) groups is 1. The van der Waals surface area contributed by atoms with E-state index in [9.17, 15) is 14.4 Å². The van der Waals surface area contributed by atoms with Gasteiger partial charge in [-0.3, -0.25) is 24.6 Å². The number of carbonyl (C=O) groups is 3. The molecular weight excluding hydrogens is 398 g/mol. The SMILES string of the molecule is CCC(C)N1C(=O)C2C(CCSC)NC3(C(=O)Nc4ccc(Cl)cc43)C2C1=O. The van der Waals surface area contributed by atoms with Crippen LogP contribution < -0.4 is 10.6 Å². The van der Waals surface area contributed by atoms with E-state index in [4.69, 9.17) is 11.6 Å². The third-order valence-electron chi connectivity index (χ3n) is 6.38. The lowest BCUT2D eigenvalue weighted by molar-refractivity contribution is -0.145. The van der Waals surface area contributed by atoms with Crippen LogP contribution in [0.1, 0.15) is 32.3 Å². The van der Waals surface area contributed by atoms with Gasteiger partial charge in [-0.2, -0.15) is 11.8 Å². The summed E-state index contributed by atoms with van der Waals surface area (Å²) in [5.74, 6) is -1.15. The second-order valence-electron chi connectivity index (χ2n) is 7.79. The number of benzene rings is 1. The molecule has 0 radical (unpaired) electrons. The van der Waals surface area contributed by atoms with Gasteiger partial charge in [0.2, 0.25) is 17.7 Å². The number of fused-ring (bicyclic) bond motifs is 4. The zero-order valence-electron chi connectivity index (χ0n) is 16.1. The Balaban J connectivity index is 1.86. The average molecular weight is 422 g/mol. The molecular formula is C20H24ClN3O3S. The number of anilines is 1. The molecule has 150 valence electrons. The summed E-state index contributed by atoms with van der Waals surface area (Å²) in [6.07, 6.45) is 3.40. The Labute approximate surface area is 173 Å². The standard InChI is InChI=1S/C20H24ClN3O3S/c1-4-10(2)24-17(25)15-14(7-8-28-3)23-20(16(15)18(24)26)12-9-11(21)5-6-13(12)22-19(20)27/h5-6,9-10,14-16,23H,4,7-8H2,1-3H3,(H,22,27). The van der Waals surface area contributed by atoms with E-state index in [1.165, 1.54) is 4.90 Å². The van der Waals surface area contributed by atoms with Crippen molar-refractivity contribution in [2.45, 2.75) is 44.3 Å². The number of carbonyl (C=O) groups excluding carboxylic acids is 3. The highest BCUT2D eigenvalue weighted by molar-refractivity contribution is 7.98. The number of amides is 3. The molecule has 4 rings (SSSR count). The van der Waals surface area contributed by atoms with E-state index in [1.54, 1.807) is 30.0 Å². The maximum Gasteiger partial charge on any atom is 0.250 e. The fourth-order valence-electron chi connectivity index (χ4n) is 4.91. The van der Waals surface area contributed by atoms with Crippen molar-refractivity contribution in [1.82, 2.24) is 10.2 Å². The van der Waals surface area contributed by atoms with E-state index in [2.05, 4.69) is 10.6 Å². The minimum atomic E-state index is -1.25. The van der Waals surface area contributed by atoms with Crippen LogP contribution in [-0.4, -0.2) is 46.7 Å². The van der Waals surface area contributed by atoms with Crippen molar-refractivity contribution in [2.24, 2.45) is 11.8 Å². The molecule has 8 heteroatoms. The van der Waals surface area contributed by atoms with Crippen molar-refractivity contribution in [3.63, 3.8) is 0 Å². The second kappa shape index (κ2) is 7.04. The van der Waals surface area contributed by atoms with Crippen molar-refractivity contribution < 1.29 is 14.4 Å². The topological polar surface area (TPSA) is 78.5 Å². The number of nitrogens with one attached hydrogen (secondary N) is 2. The number of halogens is 1. The van der Waals surface area contributed by atoms with Crippen LogP contribution in [0.15, 0.2) is 18.2 Å². The highest BCUT2D eigenvalue weighted by atomic mass is 35.5. The molecule has 0 saturated carbocycles. The van der Waals surface area contributed by atoms with Gasteiger partial charge >= 0.3 is 0 Å². The van der Waals surface area contributed by atoms with Crippen molar-refractivity contribution >= 4 is 46.8 Å². The van der Waals surface area contributed by atoms with E-state index in [-0.39, 0.29) is 29.8 Å². The molecule has 3 amide bonds. The molecule has 0 aromatic heterocycles. The summed E-state index contributed by atoms with van der Waals surface area (Å²) >= 11 is 7.91. The van der Waals surface area contributed by atoms with Crippen molar-refractivity contribution in [1.29, 1.82) is 0 Å². The molecule has 6 nitrogen and oxygen atoms in total. The lowest BCUT2D eigenvalue weighted by atomic mass is 9.76. The van der Waals surface area contributed by atoms with Crippen LogP contribution >= 0.6 is 23.4 Å². The number of likely N-dealkylation sites (tertiary alicyclic amines) is 1. The van der Waals surface area contributed by atoms with Gasteiger partial charge in [-0.15, -0.1) is 0 Å². The largest absolute Gasteiger partial charge is 0.324 e. The Kier molecular flexibility index (Phi) is 4.96. The summed E-state index contributed by atoms with van der Waals surface area (Å²) in [6.45, 7) is 3.84. The maximum atomic E-state index is 13.5. The second-order valence-corrected chi connectivity index (χ2v) is 9.21. The molecule has 5 unspecified atom stereocenters. The molecule has 28 heavy (non-hydrogen) atoms. The summed E-state index contributed by atoms with van der Waals surface area (Å²) in [5, 5.41) is 6.81. The Hall–Kier alpha value is -1.57. The van der Waals surface area contributed by atoms with Gasteiger partial charge in [-0.25, -0.2) is 0 Å². The van der Waals surface area contributed by atoms with Crippen LogP contribution in [0.3, 0.4) is 0 Å². The lowest BCUT2D eigenvalue weighted by Crippen LogP contribution is -2.54. The van der Waals surface area contributed by atoms with Crippen molar-refractivity contribution in [3.8, 4) is 0 Å². The van der Waals surface area contributed by atoms with Crippen molar-refractivity contribution in [2.75, 3.05) is 17.3 Å². The molecule has 3 heterocycles. The van der Waals surface area contributed by atoms with Gasteiger partial charge in [0, 0.05) is 28.4 Å². The number of rotatable bonds is 5. The third kappa shape index (κ3) is 2.56. The molecule has 0 bridgehead atoms. The van der Waals surface area contributed by atoms with Gasteiger partial charge in [0.05, 0.1) is 11.8 Å². The molecule has 1 aromatic rings. The fraction of sp³-hybridized carbons (Fsp3) is 0.550. The van der Waals surface area contributed by atoms with Gasteiger partial charge < -0.3 is 5.32 Å². The van der Waals surface area contributed by atoms with Gasteiger partial charge in [0.1, 0.15) is 5.54 Å². The van der Waals surface area contributed by atoms with Crippen LogP contribution in [0.5, 0.6) is 0 Å². The third-order valence-corrected chi connectivity index (χ3v) is 7.25. The number of imide groups is 1. The van der Waals surface area contributed by atoms with Gasteiger partial charge in [0.15, 0.2) is 0 Å². The summed E-state index contributed by atoms with van der Waals surface area (Å²) < 4.78 is 0. The monoisotopic (exact) mass is 421 g/mol. The first-order valence-corrected chi connectivity index (χ1v) is 11.4. The summed E-state index contributed by atoms with van der Waals surface area (Å²) in [6, 6.07) is 4.78. The van der Waals surface area contributed by atoms with E-state index >= 15 is 0 Å². The molecule has 0 aliphatic carbocycles. The zero-order chi connectivity index (χ0) is 20.2. The Morgan fingerprint density at radius 1 is 1.29 bits per heavy atom. The normalized spacial score (nSPS) is 32.1. The predicted octanol–water partition coefficient (Wildman–Crippen LogP) is 2.61. The smallest absolute Gasteiger partial charge is 0.250 e. The molecule has 2 fully saturated rings. The molecule has 1 aromatic carbocycles.